The molecule has 1 unspecified atom stereocenters. The Labute approximate surface area is 205 Å². The number of nitrogens with zero attached hydrogens (tertiary/aromatic N) is 1. The number of ether oxygens (including phenoxy) is 1. The molecule has 2 fully saturated rings. The van der Waals surface area contributed by atoms with Crippen LogP contribution < -0.4 is 66.5 Å². The third kappa shape index (κ3) is 4.38. The number of hydrogen-bond donors (Lipinski definition) is 1. The van der Waals surface area contributed by atoms with Gasteiger partial charge < -0.3 is 24.9 Å². The van der Waals surface area contributed by atoms with E-state index >= 15 is 0 Å². The predicted octanol–water partition coefficient (Wildman–Crippen LogP) is -2.85. The molecule has 0 aliphatic carbocycles. The zero-order valence-electron chi connectivity index (χ0n) is 15.8. The molecule has 2 aliphatic rings. The van der Waals surface area contributed by atoms with Crippen LogP contribution >= 0.6 is 11.8 Å². The Balaban J connectivity index is 0.00000261. The summed E-state index contributed by atoms with van der Waals surface area (Å²) in [6.45, 7) is 5.34. The minimum atomic E-state index is -1.28. The SMILES string of the molecule is CCC(Oc1ccccc1)C(=O)N[C@H]1C(=O)N2[C@H]1SC(C)(C)[C@H]2C(=O)[O-].[K+]. The number of fused-ring (bicyclic) bond motifs is 1. The van der Waals surface area contributed by atoms with E-state index in [1.807, 2.05) is 25.1 Å². The summed E-state index contributed by atoms with van der Waals surface area (Å²) in [6.07, 6.45) is -0.285. The Bertz CT molecular complexity index is 730. The quantitative estimate of drug-likeness (QED) is 0.396. The Kier molecular flexibility index (Phi) is 7.43. The zero-order chi connectivity index (χ0) is 19.1. The van der Waals surface area contributed by atoms with Crippen molar-refractivity contribution in [3.63, 3.8) is 0 Å². The molecule has 2 saturated heterocycles. The summed E-state index contributed by atoms with van der Waals surface area (Å²) in [5, 5.41) is 13.7. The summed E-state index contributed by atoms with van der Waals surface area (Å²) in [4.78, 5) is 37.7. The van der Waals surface area contributed by atoms with E-state index in [2.05, 4.69) is 5.32 Å². The fraction of sp³-hybridized carbons (Fsp3) is 0.500. The molecule has 2 amide bonds. The Hall–Kier alpha value is -0.584. The summed E-state index contributed by atoms with van der Waals surface area (Å²) in [5.74, 6) is -1.48. The van der Waals surface area contributed by atoms with Gasteiger partial charge in [-0.2, -0.15) is 0 Å². The molecule has 0 saturated carbocycles. The zero-order valence-corrected chi connectivity index (χ0v) is 19.7. The smallest absolute Gasteiger partial charge is 0.548 e. The molecule has 140 valence electrons. The molecule has 2 heterocycles. The third-order valence-electron chi connectivity index (χ3n) is 4.65. The van der Waals surface area contributed by atoms with Crippen molar-refractivity contribution < 1.29 is 75.6 Å². The maximum atomic E-state index is 12.5. The van der Waals surface area contributed by atoms with Gasteiger partial charge in [0, 0.05) is 4.75 Å². The maximum Gasteiger partial charge on any atom is 1.00 e. The molecule has 9 heteroatoms. The molecule has 3 rings (SSSR count). The normalized spacial score (nSPS) is 26.3. The van der Waals surface area contributed by atoms with Gasteiger partial charge in [0.15, 0.2) is 6.10 Å². The van der Waals surface area contributed by atoms with Gasteiger partial charge in [-0.15, -0.1) is 11.8 Å². The minimum Gasteiger partial charge on any atom is -0.548 e. The molecule has 0 bridgehead atoms. The Morgan fingerprint density at radius 1 is 1.33 bits per heavy atom. The first-order chi connectivity index (χ1) is 12.3. The van der Waals surface area contributed by atoms with Crippen LogP contribution in [-0.2, 0) is 14.4 Å². The summed E-state index contributed by atoms with van der Waals surface area (Å²) >= 11 is 1.36. The van der Waals surface area contributed by atoms with Crippen LogP contribution in [0.1, 0.15) is 27.2 Å². The van der Waals surface area contributed by atoms with Crippen LogP contribution in [0.25, 0.3) is 0 Å². The van der Waals surface area contributed by atoms with E-state index in [0.29, 0.717) is 12.2 Å². The van der Waals surface area contributed by atoms with Gasteiger partial charge in [0.1, 0.15) is 17.2 Å². The average Bonchev–Trinajstić information content (AvgIpc) is 2.86. The fourth-order valence-corrected chi connectivity index (χ4v) is 4.98. The number of carboxylic acid groups (broad SMARTS) is 1. The minimum absolute atomic E-state index is 0. The molecule has 1 aromatic carbocycles. The van der Waals surface area contributed by atoms with Crippen LogP contribution in [-0.4, -0.2) is 51.0 Å². The number of amides is 2. The van der Waals surface area contributed by atoms with Crippen molar-refractivity contribution >= 4 is 29.5 Å². The second-order valence-electron chi connectivity index (χ2n) is 6.89. The van der Waals surface area contributed by atoms with Gasteiger partial charge in [0.25, 0.3) is 5.91 Å². The van der Waals surface area contributed by atoms with Crippen LogP contribution in [0.4, 0.5) is 0 Å². The standard InChI is InChI=1S/C18H22N2O5S.K/c1-4-11(25-10-8-6-5-7-9-10)14(21)19-12-15(22)20-13(17(23)24)18(2,3)26-16(12)20;/h5-9,11-13,16H,4H2,1-3H3,(H,19,21)(H,23,24);/q;+1/p-1/t11?,12-,13+,16-;/m0./s1. The van der Waals surface area contributed by atoms with E-state index in [0.717, 1.165) is 0 Å². The second-order valence-corrected chi connectivity index (χ2v) is 8.66. The van der Waals surface area contributed by atoms with Crippen molar-refractivity contribution in [1.29, 1.82) is 0 Å². The topological polar surface area (TPSA) is 98.8 Å². The first-order valence-electron chi connectivity index (χ1n) is 8.49. The van der Waals surface area contributed by atoms with Crippen molar-refractivity contribution in [2.75, 3.05) is 0 Å². The molecule has 4 atom stereocenters. The molecule has 2 aliphatic heterocycles. The van der Waals surface area contributed by atoms with E-state index in [-0.39, 0.29) is 57.3 Å². The van der Waals surface area contributed by atoms with Crippen LogP contribution in [0.3, 0.4) is 0 Å². The first-order valence-corrected chi connectivity index (χ1v) is 9.37. The Morgan fingerprint density at radius 2 is 1.96 bits per heavy atom. The van der Waals surface area contributed by atoms with Gasteiger partial charge in [0.2, 0.25) is 5.91 Å². The monoisotopic (exact) mass is 416 g/mol. The number of carbonyl (C=O) groups excluding carboxylic acids is 3. The molecule has 0 aromatic heterocycles. The van der Waals surface area contributed by atoms with Crippen molar-refractivity contribution in [3.8, 4) is 5.75 Å². The molecule has 27 heavy (non-hydrogen) atoms. The average molecular weight is 417 g/mol. The van der Waals surface area contributed by atoms with Crippen molar-refractivity contribution in [2.24, 2.45) is 0 Å². The van der Waals surface area contributed by atoms with Gasteiger partial charge in [-0.05, 0) is 32.4 Å². The molecule has 1 aromatic rings. The summed E-state index contributed by atoms with van der Waals surface area (Å²) in [6, 6.07) is 7.24. The van der Waals surface area contributed by atoms with E-state index < -0.39 is 40.2 Å². The number of para-hydroxylation sites is 1. The third-order valence-corrected chi connectivity index (χ3v) is 6.22. The van der Waals surface area contributed by atoms with E-state index in [4.69, 9.17) is 4.74 Å². The number of benzene rings is 1. The van der Waals surface area contributed by atoms with Crippen LogP contribution in [0.2, 0.25) is 0 Å². The molecule has 0 radical (unpaired) electrons. The first kappa shape index (κ1) is 22.7. The van der Waals surface area contributed by atoms with Gasteiger partial charge >= 0.3 is 51.4 Å². The van der Waals surface area contributed by atoms with E-state index in [1.165, 1.54) is 16.7 Å². The number of hydrogen-bond acceptors (Lipinski definition) is 6. The number of rotatable bonds is 6. The molecule has 0 spiro atoms. The molecule has 1 N–H and O–H groups in total. The second kappa shape index (κ2) is 8.83. The molecular weight excluding hydrogens is 395 g/mol. The summed E-state index contributed by atoms with van der Waals surface area (Å²) < 4.78 is 5.02. The fourth-order valence-electron chi connectivity index (χ4n) is 3.36. The Morgan fingerprint density at radius 3 is 2.52 bits per heavy atom. The van der Waals surface area contributed by atoms with Gasteiger partial charge in [0.05, 0.1) is 12.0 Å². The number of β-lactam (4-membered cyclic amide) rings is 1. The van der Waals surface area contributed by atoms with Crippen molar-refractivity contribution in [3.05, 3.63) is 30.3 Å². The number of nitrogens with one attached hydrogen (secondary N) is 1. The van der Waals surface area contributed by atoms with E-state index in [1.54, 1.807) is 26.0 Å². The van der Waals surface area contributed by atoms with E-state index in [9.17, 15) is 19.5 Å². The molecular formula is C18H21KN2O5S. The van der Waals surface area contributed by atoms with Crippen LogP contribution in [0.5, 0.6) is 5.75 Å². The maximum absolute atomic E-state index is 12.5. The number of thioether (sulfide) groups is 1. The number of aliphatic carboxylic acids is 1. The number of carbonyl (C=O) groups is 3. The van der Waals surface area contributed by atoms with Gasteiger partial charge in [-0.1, -0.05) is 25.1 Å². The largest absolute Gasteiger partial charge is 1.00 e. The van der Waals surface area contributed by atoms with Crippen molar-refractivity contribution in [2.45, 2.75) is 55.5 Å². The van der Waals surface area contributed by atoms with Gasteiger partial charge in [-0.25, -0.2) is 0 Å². The number of carboxylic acids is 1. The molecule has 7 nitrogen and oxygen atoms in total. The summed E-state index contributed by atoms with van der Waals surface area (Å²) in [7, 11) is 0. The van der Waals surface area contributed by atoms with Crippen LogP contribution in [0, 0.1) is 0 Å². The summed E-state index contributed by atoms with van der Waals surface area (Å²) in [5.41, 5.74) is 0. The van der Waals surface area contributed by atoms with Gasteiger partial charge in [-0.3, -0.25) is 9.59 Å². The predicted molar refractivity (Wildman–Crippen MR) is 94.2 cm³/mol. The van der Waals surface area contributed by atoms with Crippen LogP contribution in [0.15, 0.2) is 30.3 Å². The van der Waals surface area contributed by atoms with Crippen molar-refractivity contribution in [1.82, 2.24) is 10.2 Å².